The highest BCUT2D eigenvalue weighted by molar-refractivity contribution is 6.30. The number of halogens is 3. The molecule has 106 valence electrons. The predicted octanol–water partition coefficient (Wildman–Crippen LogP) is 4.05. The lowest BCUT2D eigenvalue weighted by Crippen LogP contribution is -1.99. The Kier molecular flexibility index (Phi) is 3.35. The molecular formula is C15H10ClF2N3. The van der Waals surface area contributed by atoms with Crippen molar-refractivity contribution in [2.75, 3.05) is 5.73 Å². The third kappa shape index (κ3) is 2.60. The number of nitrogen functional groups attached to an aromatic ring is 1. The summed E-state index contributed by atoms with van der Waals surface area (Å²) >= 11 is 5.83. The van der Waals surface area contributed by atoms with Crippen molar-refractivity contribution in [2.45, 2.75) is 0 Å². The second-order valence-corrected chi connectivity index (χ2v) is 4.92. The largest absolute Gasteiger partial charge is 0.396 e. The minimum atomic E-state index is -0.708. The van der Waals surface area contributed by atoms with E-state index in [4.69, 9.17) is 17.3 Å². The van der Waals surface area contributed by atoms with Gasteiger partial charge >= 0.3 is 0 Å². The molecule has 3 rings (SSSR count). The summed E-state index contributed by atoms with van der Waals surface area (Å²) in [6.07, 6.45) is 1.49. The average molecular weight is 306 g/mol. The zero-order valence-electron chi connectivity index (χ0n) is 10.7. The van der Waals surface area contributed by atoms with Crippen LogP contribution in [0.3, 0.4) is 0 Å². The van der Waals surface area contributed by atoms with E-state index in [1.165, 1.54) is 16.9 Å². The Bertz CT molecular complexity index is 797. The summed E-state index contributed by atoms with van der Waals surface area (Å²) in [5, 5.41) is 4.86. The lowest BCUT2D eigenvalue weighted by molar-refractivity contribution is 0.574. The van der Waals surface area contributed by atoms with E-state index >= 15 is 0 Å². The summed E-state index contributed by atoms with van der Waals surface area (Å²) < 4.78 is 28.0. The summed E-state index contributed by atoms with van der Waals surface area (Å²) in [6.45, 7) is 0. The molecule has 2 aromatic carbocycles. The molecule has 3 nitrogen and oxygen atoms in total. The fourth-order valence-electron chi connectivity index (χ4n) is 2.01. The smallest absolute Gasteiger partial charge is 0.151 e. The molecule has 0 aliphatic carbocycles. The van der Waals surface area contributed by atoms with Crippen LogP contribution in [-0.2, 0) is 0 Å². The molecule has 0 bridgehead atoms. The topological polar surface area (TPSA) is 43.8 Å². The third-order valence-corrected chi connectivity index (χ3v) is 3.27. The second-order valence-electron chi connectivity index (χ2n) is 4.48. The minimum Gasteiger partial charge on any atom is -0.396 e. The van der Waals surface area contributed by atoms with Crippen LogP contribution in [0.15, 0.2) is 48.7 Å². The minimum absolute atomic E-state index is 0.128. The van der Waals surface area contributed by atoms with Crippen LogP contribution >= 0.6 is 11.6 Å². The van der Waals surface area contributed by atoms with Crippen LogP contribution in [-0.4, -0.2) is 9.78 Å². The Morgan fingerprint density at radius 1 is 1.05 bits per heavy atom. The quantitative estimate of drug-likeness (QED) is 0.776. The molecule has 0 amide bonds. The van der Waals surface area contributed by atoms with Gasteiger partial charge in [-0.15, -0.1) is 0 Å². The van der Waals surface area contributed by atoms with Gasteiger partial charge in [0.05, 0.1) is 11.9 Å². The van der Waals surface area contributed by atoms with Crippen LogP contribution in [0, 0.1) is 11.6 Å². The zero-order valence-corrected chi connectivity index (χ0v) is 11.5. The van der Waals surface area contributed by atoms with Crippen LogP contribution in [0.25, 0.3) is 16.9 Å². The molecule has 0 aliphatic rings. The molecule has 21 heavy (non-hydrogen) atoms. The molecule has 0 radical (unpaired) electrons. The van der Waals surface area contributed by atoms with E-state index in [0.717, 1.165) is 17.7 Å². The fraction of sp³-hybridized carbons (Fsp3) is 0. The van der Waals surface area contributed by atoms with Crippen LogP contribution in [0.5, 0.6) is 0 Å². The molecule has 6 heteroatoms. The van der Waals surface area contributed by atoms with Crippen molar-refractivity contribution in [2.24, 2.45) is 0 Å². The van der Waals surface area contributed by atoms with E-state index in [0.29, 0.717) is 16.4 Å². The van der Waals surface area contributed by atoms with Crippen molar-refractivity contribution in [3.05, 3.63) is 65.3 Å². The van der Waals surface area contributed by atoms with Crippen molar-refractivity contribution in [3.8, 4) is 16.9 Å². The van der Waals surface area contributed by atoms with Crippen molar-refractivity contribution in [1.82, 2.24) is 9.78 Å². The lowest BCUT2D eigenvalue weighted by Gasteiger charge is -2.03. The van der Waals surface area contributed by atoms with E-state index in [1.807, 2.05) is 0 Å². The van der Waals surface area contributed by atoms with Crippen molar-refractivity contribution >= 4 is 17.3 Å². The Balaban J connectivity index is 2.07. The Morgan fingerprint density at radius 2 is 1.76 bits per heavy atom. The Labute approximate surface area is 124 Å². The number of hydrogen-bond acceptors (Lipinski definition) is 2. The molecule has 0 unspecified atom stereocenters. The number of aromatic nitrogens is 2. The maximum atomic E-state index is 13.8. The van der Waals surface area contributed by atoms with Gasteiger partial charge in [0.2, 0.25) is 0 Å². The maximum absolute atomic E-state index is 13.8. The average Bonchev–Trinajstić information content (AvgIpc) is 2.81. The number of benzene rings is 2. The first kappa shape index (κ1) is 13.6. The standard InChI is InChI=1S/C15H10ClF2N3/c16-10-3-1-9(2-4-10)15-13(19)8-21(20-15)14-6-5-11(17)7-12(14)18/h1-8H,19H2. The monoisotopic (exact) mass is 305 g/mol. The van der Waals surface area contributed by atoms with E-state index < -0.39 is 11.6 Å². The Hall–Kier alpha value is -2.40. The summed E-state index contributed by atoms with van der Waals surface area (Å²) in [4.78, 5) is 0. The third-order valence-electron chi connectivity index (χ3n) is 3.02. The molecule has 0 fully saturated rings. The van der Waals surface area contributed by atoms with E-state index in [2.05, 4.69) is 5.10 Å². The zero-order chi connectivity index (χ0) is 15.0. The van der Waals surface area contributed by atoms with E-state index in [9.17, 15) is 8.78 Å². The molecule has 1 aromatic heterocycles. The highest BCUT2D eigenvalue weighted by Gasteiger charge is 2.12. The van der Waals surface area contributed by atoms with Crippen LogP contribution in [0.1, 0.15) is 0 Å². The molecule has 0 spiro atoms. The Morgan fingerprint density at radius 3 is 2.43 bits per heavy atom. The van der Waals surface area contributed by atoms with Gasteiger partial charge in [0, 0.05) is 16.7 Å². The molecule has 0 saturated carbocycles. The van der Waals surface area contributed by atoms with Gasteiger partial charge < -0.3 is 5.73 Å². The molecular weight excluding hydrogens is 296 g/mol. The fourth-order valence-corrected chi connectivity index (χ4v) is 2.14. The summed E-state index contributed by atoms with van der Waals surface area (Å²) in [7, 11) is 0. The number of nitrogens with zero attached hydrogens (tertiary/aromatic N) is 2. The first-order valence-corrected chi connectivity index (χ1v) is 6.49. The first-order chi connectivity index (χ1) is 10.0. The second kappa shape index (κ2) is 5.18. The molecule has 0 saturated heterocycles. The molecule has 0 aliphatic heterocycles. The predicted molar refractivity (Wildman–Crippen MR) is 78.3 cm³/mol. The van der Waals surface area contributed by atoms with Gasteiger partial charge in [-0.3, -0.25) is 0 Å². The summed E-state index contributed by atoms with van der Waals surface area (Å²) in [6, 6.07) is 10.2. The van der Waals surface area contributed by atoms with Crippen molar-refractivity contribution in [3.63, 3.8) is 0 Å². The molecule has 2 N–H and O–H groups in total. The summed E-state index contributed by atoms with van der Waals surface area (Å²) in [5.41, 5.74) is 7.71. The number of hydrogen-bond donors (Lipinski definition) is 1. The first-order valence-electron chi connectivity index (χ1n) is 6.11. The van der Waals surface area contributed by atoms with E-state index in [-0.39, 0.29) is 5.69 Å². The summed E-state index contributed by atoms with van der Waals surface area (Å²) in [5.74, 6) is -1.35. The van der Waals surface area contributed by atoms with Gasteiger partial charge in [-0.2, -0.15) is 5.10 Å². The molecule has 3 aromatic rings. The highest BCUT2D eigenvalue weighted by Crippen LogP contribution is 2.27. The van der Waals surface area contributed by atoms with Gasteiger partial charge in [-0.25, -0.2) is 13.5 Å². The molecule has 1 heterocycles. The van der Waals surface area contributed by atoms with Crippen molar-refractivity contribution < 1.29 is 8.78 Å². The van der Waals surface area contributed by atoms with Crippen LogP contribution in [0.2, 0.25) is 5.02 Å². The van der Waals surface area contributed by atoms with Crippen molar-refractivity contribution in [1.29, 1.82) is 0 Å². The highest BCUT2D eigenvalue weighted by atomic mass is 35.5. The van der Waals surface area contributed by atoms with Crippen LogP contribution in [0.4, 0.5) is 14.5 Å². The number of anilines is 1. The van der Waals surface area contributed by atoms with Gasteiger partial charge in [0.25, 0.3) is 0 Å². The van der Waals surface area contributed by atoms with Gasteiger partial charge in [-0.05, 0) is 24.3 Å². The van der Waals surface area contributed by atoms with Gasteiger partial charge in [0.15, 0.2) is 5.82 Å². The number of nitrogens with two attached hydrogens (primary N) is 1. The normalized spacial score (nSPS) is 10.8. The van der Waals surface area contributed by atoms with E-state index in [1.54, 1.807) is 24.3 Å². The van der Waals surface area contributed by atoms with Gasteiger partial charge in [0.1, 0.15) is 17.2 Å². The SMILES string of the molecule is Nc1cn(-c2ccc(F)cc2F)nc1-c1ccc(Cl)cc1. The van der Waals surface area contributed by atoms with Gasteiger partial charge in [-0.1, -0.05) is 23.7 Å². The maximum Gasteiger partial charge on any atom is 0.151 e. The number of rotatable bonds is 2. The lowest BCUT2D eigenvalue weighted by atomic mass is 10.1. The molecule has 0 atom stereocenters. The van der Waals surface area contributed by atoms with Crippen LogP contribution < -0.4 is 5.73 Å².